The number of hydrogen-bond acceptors (Lipinski definition) is 5. The van der Waals surface area contributed by atoms with Crippen molar-refractivity contribution < 1.29 is 4.79 Å². The Morgan fingerprint density at radius 1 is 1.35 bits per heavy atom. The molecular formula is C12H9Cl2N3O2S. The zero-order valence-corrected chi connectivity index (χ0v) is 12.4. The number of ketones is 1. The van der Waals surface area contributed by atoms with Crippen molar-refractivity contribution in [1.29, 1.82) is 0 Å². The Hall–Kier alpha value is -1.50. The molecule has 3 N–H and O–H groups in total. The van der Waals surface area contributed by atoms with Crippen LogP contribution >= 0.6 is 35.0 Å². The number of hydrogen-bond donors (Lipinski definition) is 2. The summed E-state index contributed by atoms with van der Waals surface area (Å²) >= 11 is 12.9. The lowest BCUT2D eigenvalue weighted by atomic mass is 10.1. The molecule has 5 nitrogen and oxygen atoms in total. The molecule has 8 heteroatoms. The van der Waals surface area contributed by atoms with Crippen molar-refractivity contribution in [3.63, 3.8) is 0 Å². The molecule has 0 amide bonds. The van der Waals surface area contributed by atoms with Crippen LogP contribution in [-0.2, 0) is 0 Å². The summed E-state index contributed by atoms with van der Waals surface area (Å²) in [4.78, 5) is 29.6. The van der Waals surface area contributed by atoms with E-state index in [-0.39, 0.29) is 32.8 Å². The highest BCUT2D eigenvalue weighted by Crippen LogP contribution is 2.29. The SMILES string of the molecule is Nc1c(Cl)cc(C(=O)CSc2nccc(=O)[nH]2)cc1Cl. The van der Waals surface area contributed by atoms with Crippen LogP contribution in [0.1, 0.15) is 10.4 Å². The second-order valence-electron chi connectivity index (χ2n) is 3.80. The molecule has 0 aliphatic rings. The van der Waals surface area contributed by atoms with Crippen LogP contribution in [0.25, 0.3) is 0 Å². The van der Waals surface area contributed by atoms with Gasteiger partial charge in [0.05, 0.1) is 21.5 Å². The lowest BCUT2D eigenvalue weighted by molar-refractivity contribution is 0.102. The summed E-state index contributed by atoms with van der Waals surface area (Å²) in [5.41, 5.74) is 5.94. The molecule has 20 heavy (non-hydrogen) atoms. The van der Waals surface area contributed by atoms with E-state index in [1.807, 2.05) is 0 Å². The van der Waals surface area contributed by atoms with Gasteiger partial charge < -0.3 is 10.7 Å². The molecule has 0 unspecified atom stereocenters. The van der Waals surface area contributed by atoms with E-state index < -0.39 is 0 Å². The Labute approximate surface area is 128 Å². The van der Waals surface area contributed by atoms with Gasteiger partial charge in [-0.1, -0.05) is 35.0 Å². The third-order valence-corrected chi connectivity index (χ3v) is 3.90. The zero-order chi connectivity index (χ0) is 14.7. The molecule has 0 saturated heterocycles. The molecule has 0 saturated carbocycles. The van der Waals surface area contributed by atoms with Crippen molar-refractivity contribution in [2.75, 3.05) is 11.5 Å². The minimum atomic E-state index is -0.270. The average Bonchev–Trinajstić information content (AvgIpc) is 2.41. The number of nitrogens with one attached hydrogen (secondary N) is 1. The van der Waals surface area contributed by atoms with Crippen LogP contribution in [0.15, 0.2) is 34.3 Å². The summed E-state index contributed by atoms with van der Waals surface area (Å²) in [6.45, 7) is 0. The maximum Gasteiger partial charge on any atom is 0.251 e. The van der Waals surface area contributed by atoms with Gasteiger partial charge in [-0.15, -0.1) is 0 Å². The number of thioether (sulfide) groups is 1. The summed E-state index contributed by atoms with van der Waals surface area (Å²) in [5.74, 6) is -0.0888. The number of benzene rings is 1. The van der Waals surface area contributed by atoms with Gasteiger partial charge in [0, 0.05) is 17.8 Å². The Morgan fingerprint density at radius 3 is 2.60 bits per heavy atom. The van der Waals surface area contributed by atoms with Crippen LogP contribution < -0.4 is 11.3 Å². The van der Waals surface area contributed by atoms with Crippen LogP contribution in [0, 0.1) is 0 Å². The number of carbonyl (C=O) groups is 1. The number of H-pyrrole nitrogens is 1. The standard InChI is InChI=1S/C12H9Cl2N3O2S/c13-7-3-6(4-8(14)11(7)15)9(18)5-20-12-16-2-1-10(19)17-12/h1-4H,5,15H2,(H,16,17,19). The van der Waals surface area contributed by atoms with Crippen LogP contribution in [0.2, 0.25) is 10.0 Å². The molecule has 0 spiro atoms. The van der Waals surface area contributed by atoms with Crippen LogP contribution in [0.4, 0.5) is 5.69 Å². The third-order valence-electron chi connectivity index (χ3n) is 2.39. The number of anilines is 1. The molecule has 0 atom stereocenters. The van der Waals surface area contributed by atoms with Gasteiger partial charge in [-0.2, -0.15) is 0 Å². The first-order valence-electron chi connectivity index (χ1n) is 5.43. The molecule has 0 bridgehead atoms. The zero-order valence-electron chi connectivity index (χ0n) is 10.0. The highest BCUT2D eigenvalue weighted by atomic mass is 35.5. The van der Waals surface area contributed by atoms with E-state index in [0.717, 1.165) is 11.8 Å². The highest BCUT2D eigenvalue weighted by Gasteiger charge is 2.12. The van der Waals surface area contributed by atoms with Gasteiger partial charge in [0.15, 0.2) is 10.9 Å². The van der Waals surface area contributed by atoms with Crippen LogP contribution in [-0.4, -0.2) is 21.5 Å². The number of nitrogens with two attached hydrogens (primary N) is 1. The lowest BCUT2D eigenvalue weighted by Crippen LogP contribution is -2.08. The molecule has 1 aromatic carbocycles. The lowest BCUT2D eigenvalue weighted by Gasteiger charge is -2.05. The molecular weight excluding hydrogens is 321 g/mol. The first-order valence-corrected chi connectivity index (χ1v) is 7.17. The van der Waals surface area contributed by atoms with Crippen LogP contribution in [0.3, 0.4) is 0 Å². The van der Waals surface area contributed by atoms with E-state index in [1.165, 1.54) is 24.4 Å². The average molecular weight is 330 g/mol. The van der Waals surface area contributed by atoms with E-state index in [2.05, 4.69) is 9.97 Å². The Bertz CT molecular complexity index is 695. The van der Waals surface area contributed by atoms with Gasteiger partial charge in [-0.25, -0.2) is 4.98 Å². The van der Waals surface area contributed by atoms with Crippen molar-refractivity contribution in [3.05, 3.63) is 50.4 Å². The predicted molar refractivity (Wildman–Crippen MR) is 80.8 cm³/mol. The summed E-state index contributed by atoms with van der Waals surface area (Å²) in [5, 5.41) is 0.840. The van der Waals surface area contributed by atoms with Gasteiger partial charge >= 0.3 is 0 Å². The molecule has 1 heterocycles. The topological polar surface area (TPSA) is 88.8 Å². The van der Waals surface area contributed by atoms with Crippen molar-refractivity contribution in [2.45, 2.75) is 5.16 Å². The fourth-order valence-electron chi connectivity index (χ4n) is 1.39. The molecule has 0 aliphatic carbocycles. The third kappa shape index (κ3) is 3.53. The first kappa shape index (κ1) is 14.9. The van der Waals surface area contributed by atoms with E-state index >= 15 is 0 Å². The van der Waals surface area contributed by atoms with E-state index in [9.17, 15) is 9.59 Å². The Morgan fingerprint density at radius 2 is 2.00 bits per heavy atom. The number of aromatic nitrogens is 2. The molecule has 0 aliphatic heterocycles. The molecule has 2 aromatic rings. The van der Waals surface area contributed by atoms with E-state index in [1.54, 1.807) is 0 Å². The largest absolute Gasteiger partial charge is 0.396 e. The minimum absolute atomic E-state index is 0.101. The van der Waals surface area contributed by atoms with E-state index in [0.29, 0.717) is 10.7 Å². The minimum Gasteiger partial charge on any atom is -0.396 e. The summed E-state index contributed by atoms with van der Waals surface area (Å²) < 4.78 is 0. The summed E-state index contributed by atoms with van der Waals surface area (Å²) in [6.07, 6.45) is 1.38. The van der Waals surface area contributed by atoms with Gasteiger partial charge in [0.1, 0.15) is 0 Å². The van der Waals surface area contributed by atoms with Crippen molar-refractivity contribution in [2.24, 2.45) is 0 Å². The van der Waals surface area contributed by atoms with Crippen LogP contribution in [0.5, 0.6) is 0 Å². The second kappa shape index (κ2) is 6.30. The Kier molecular flexibility index (Phi) is 4.69. The smallest absolute Gasteiger partial charge is 0.251 e. The number of carbonyl (C=O) groups excluding carboxylic acids is 1. The fraction of sp³-hybridized carbons (Fsp3) is 0.0833. The normalized spacial score (nSPS) is 10.5. The number of nitrogens with zero attached hydrogens (tertiary/aromatic N) is 1. The maximum absolute atomic E-state index is 12.0. The second-order valence-corrected chi connectivity index (χ2v) is 5.58. The quantitative estimate of drug-likeness (QED) is 0.389. The predicted octanol–water partition coefficient (Wildman–Crippen LogP) is 2.63. The summed E-state index contributed by atoms with van der Waals surface area (Å²) in [7, 11) is 0. The fourth-order valence-corrected chi connectivity index (χ4v) is 2.62. The molecule has 0 radical (unpaired) electrons. The van der Waals surface area contributed by atoms with Gasteiger partial charge in [0.25, 0.3) is 5.56 Å². The van der Waals surface area contributed by atoms with Crippen molar-refractivity contribution >= 4 is 46.4 Å². The molecule has 104 valence electrons. The first-order chi connectivity index (χ1) is 9.47. The van der Waals surface area contributed by atoms with Gasteiger partial charge in [-0.3, -0.25) is 9.59 Å². The van der Waals surface area contributed by atoms with Crippen molar-refractivity contribution in [1.82, 2.24) is 9.97 Å². The number of halogens is 2. The molecule has 0 fully saturated rings. The van der Waals surface area contributed by atoms with E-state index in [4.69, 9.17) is 28.9 Å². The number of Topliss-reactive ketones (excluding diaryl/α,β-unsaturated/α-hetero) is 1. The molecule has 1 aromatic heterocycles. The monoisotopic (exact) mass is 329 g/mol. The highest BCUT2D eigenvalue weighted by molar-refractivity contribution is 7.99. The van der Waals surface area contributed by atoms with Crippen molar-refractivity contribution in [3.8, 4) is 0 Å². The van der Waals surface area contributed by atoms with Gasteiger partial charge in [0.2, 0.25) is 0 Å². The van der Waals surface area contributed by atoms with Gasteiger partial charge in [-0.05, 0) is 12.1 Å². The maximum atomic E-state index is 12.0. The number of aromatic amines is 1. The Balaban J connectivity index is 2.11. The number of nitrogen functional groups attached to an aromatic ring is 1. The summed E-state index contributed by atoms with van der Waals surface area (Å²) in [6, 6.07) is 4.23. The molecule has 2 rings (SSSR count). The number of rotatable bonds is 4.